The van der Waals surface area contributed by atoms with Gasteiger partial charge in [-0.25, -0.2) is 4.79 Å². The topological polar surface area (TPSA) is 72.5 Å². The lowest BCUT2D eigenvalue weighted by Gasteiger charge is -2.22. The van der Waals surface area contributed by atoms with E-state index in [2.05, 4.69) is 5.32 Å². The highest BCUT2D eigenvalue weighted by molar-refractivity contribution is 6.14. The summed E-state index contributed by atoms with van der Waals surface area (Å²) in [5.41, 5.74) is 0.922. The van der Waals surface area contributed by atoms with Crippen LogP contribution in [0.5, 0.6) is 0 Å². The van der Waals surface area contributed by atoms with Crippen LogP contribution in [0.3, 0.4) is 0 Å². The van der Waals surface area contributed by atoms with Crippen LogP contribution in [0.4, 0.5) is 0 Å². The zero-order valence-electron chi connectivity index (χ0n) is 15.1. The normalized spacial score (nSPS) is 14.4. The fourth-order valence-corrected chi connectivity index (χ4v) is 3.33. The molecule has 0 unspecified atom stereocenters. The molecule has 5 nitrogen and oxygen atoms in total. The van der Waals surface area contributed by atoms with Crippen molar-refractivity contribution in [2.75, 3.05) is 6.61 Å². The average molecular weight is 365 g/mol. The van der Waals surface area contributed by atoms with Gasteiger partial charge in [-0.2, -0.15) is 0 Å². The minimum atomic E-state index is -0.673. The van der Waals surface area contributed by atoms with E-state index in [-0.39, 0.29) is 35.5 Å². The number of ether oxygens (including phenoxy) is 1. The summed E-state index contributed by atoms with van der Waals surface area (Å²) in [5, 5.41) is 2.91. The van der Waals surface area contributed by atoms with Gasteiger partial charge in [0.15, 0.2) is 12.4 Å². The van der Waals surface area contributed by atoms with Gasteiger partial charge in [-0.3, -0.25) is 9.59 Å². The number of rotatable bonds is 6. The zero-order chi connectivity index (χ0) is 19.1. The summed E-state index contributed by atoms with van der Waals surface area (Å²) in [7, 11) is 0. The Morgan fingerprint density at radius 3 is 2.19 bits per heavy atom. The predicted octanol–water partition coefficient (Wildman–Crippen LogP) is 3.52. The van der Waals surface area contributed by atoms with E-state index in [0.29, 0.717) is 5.56 Å². The highest BCUT2D eigenvalue weighted by Gasteiger charge is 2.21. The number of ketones is 1. The van der Waals surface area contributed by atoms with Gasteiger partial charge in [0.2, 0.25) is 0 Å². The number of nitrogens with one attached hydrogen (secondary N) is 1. The minimum absolute atomic E-state index is 0.164. The Bertz CT molecular complexity index is 810. The van der Waals surface area contributed by atoms with Gasteiger partial charge in [-0.1, -0.05) is 67.8 Å². The fourth-order valence-electron chi connectivity index (χ4n) is 3.33. The summed E-state index contributed by atoms with van der Waals surface area (Å²) in [6, 6.07) is 15.4. The standard InChI is InChI=1S/C22H23NO4/c24-20(23-17-11-5-2-6-12-17)15-27-22(26)19-14-8-7-13-18(19)21(25)16-9-3-1-4-10-16/h1,3-4,7-10,13-14,17H,2,5-6,11-12,15H2,(H,23,24). The number of esters is 1. The van der Waals surface area contributed by atoms with Gasteiger partial charge >= 0.3 is 5.97 Å². The maximum atomic E-state index is 12.7. The molecule has 2 aromatic rings. The lowest BCUT2D eigenvalue weighted by Crippen LogP contribution is -2.38. The van der Waals surface area contributed by atoms with Crippen molar-refractivity contribution in [1.29, 1.82) is 0 Å². The van der Waals surface area contributed by atoms with Crippen LogP contribution in [0, 0.1) is 0 Å². The Hall–Kier alpha value is -2.95. The summed E-state index contributed by atoms with van der Waals surface area (Å²) in [6.45, 7) is -0.344. The lowest BCUT2D eigenvalue weighted by atomic mass is 9.95. The van der Waals surface area contributed by atoms with Crippen molar-refractivity contribution in [2.45, 2.75) is 38.1 Å². The van der Waals surface area contributed by atoms with E-state index in [1.807, 2.05) is 6.07 Å². The molecular weight excluding hydrogens is 342 g/mol. The van der Waals surface area contributed by atoms with E-state index in [9.17, 15) is 14.4 Å². The van der Waals surface area contributed by atoms with Crippen molar-refractivity contribution < 1.29 is 19.1 Å². The van der Waals surface area contributed by atoms with Gasteiger partial charge in [0.25, 0.3) is 5.91 Å². The average Bonchev–Trinajstić information content (AvgIpc) is 2.73. The second kappa shape index (κ2) is 9.12. The van der Waals surface area contributed by atoms with Crippen LogP contribution in [-0.4, -0.2) is 30.3 Å². The molecular formula is C22H23NO4. The van der Waals surface area contributed by atoms with E-state index in [1.54, 1.807) is 42.5 Å². The molecule has 2 aromatic carbocycles. The number of carbonyl (C=O) groups excluding carboxylic acids is 3. The van der Waals surface area contributed by atoms with Crippen LogP contribution < -0.4 is 5.32 Å². The smallest absolute Gasteiger partial charge is 0.339 e. The van der Waals surface area contributed by atoms with Crippen LogP contribution >= 0.6 is 0 Å². The molecule has 1 saturated carbocycles. The fraction of sp³-hybridized carbons (Fsp3) is 0.318. The Morgan fingerprint density at radius 2 is 1.48 bits per heavy atom. The molecule has 1 fully saturated rings. The Balaban J connectivity index is 1.63. The molecule has 0 radical (unpaired) electrons. The van der Waals surface area contributed by atoms with Gasteiger partial charge in [0.05, 0.1) is 5.56 Å². The van der Waals surface area contributed by atoms with E-state index >= 15 is 0 Å². The maximum Gasteiger partial charge on any atom is 0.339 e. The summed E-state index contributed by atoms with van der Waals surface area (Å²) in [4.78, 5) is 37.2. The molecule has 0 bridgehead atoms. The predicted molar refractivity (Wildman–Crippen MR) is 102 cm³/mol. The molecule has 0 atom stereocenters. The second-order valence-corrected chi connectivity index (χ2v) is 6.72. The molecule has 0 heterocycles. The summed E-state index contributed by atoms with van der Waals surface area (Å²) >= 11 is 0. The van der Waals surface area contributed by atoms with Crippen LogP contribution in [0.2, 0.25) is 0 Å². The van der Waals surface area contributed by atoms with Crippen LogP contribution in [0.15, 0.2) is 54.6 Å². The third-order valence-electron chi connectivity index (χ3n) is 4.73. The van der Waals surface area contributed by atoms with Crippen molar-refractivity contribution in [1.82, 2.24) is 5.32 Å². The van der Waals surface area contributed by atoms with Crippen molar-refractivity contribution in [3.8, 4) is 0 Å². The van der Waals surface area contributed by atoms with Crippen LogP contribution in [-0.2, 0) is 9.53 Å². The molecule has 0 aliphatic heterocycles. The van der Waals surface area contributed by atoms with Gasteiger partial charge in [0.1, 0.15) is 0 Å². The number of amides is 1. The Kier molecular flexibility index (Phi) is 6.36. The van der Waals surface area contributed by atoms with Gasteiger partial charge in [-0.15, -0.1) is 0 Å². The molecule has 0 saturated heterocycles. The van der Waals surface area contributed by atoms with Crippen molar-refractivity contribution in [2.24, 2.45) is 0 Å². The van der Waals surface area contributed by atoms with Crippen molar-refractivity contribution in [3.05, 3.63) is 71.3 Å². The highest BCUT2D eigenvalue weighted by atomic mass is 16.5. The molecule has 5 heteroatoms. The number of hydrogen-bond donors (Lipinski definition) is 1. The first kappa shape index (κ1) is 18.8. The van der Waals surface area contributed by atoms with Gasteiger partial charge < -0.3 is 10.1 Å². The molecule has 140 valence electrons. The highest BCUT2D eigenvalue weighted by Crippen LogP contribution is 2.18. The molecule has 1 N–H and O–H groups in total. The first-order chi connectivity index (χ1) is 13.1. The molecule has 27 heavy (non-hydrogen) atoms. The molecule has 1 aliphatic rings. The largest absolute Gasteiger partial charge is 0.452 e. The maximum absolute atomic E-state index is 12.7. The Morgan fingerprint density at radius 1 is 0.852 bits per heavy atom. The van der Waals surface area contributed by atoms with Gasteiger partial charge in [0, 0.05) is 17.2 Å². The lowest BCUT2D eigenvalue weighted by molar-refractivity contribution is -0.125. The van der Waals surface area contributed by atoms with Crippen molar-refractivity contribution >= 4 is 17.7 Å². The molecule has 1 amide bonds. The first-order valence-electron chi connectivity index (χ1n) is 9.30. The van der Waals surface area contributed by atoms with Crippen LogP contribution in [0.1, 0.15) is 58.4 Å². The number of hydrogen-bond acceptors (Lipinski definition) is 4. The minimum Gasteiger partial charge on any atom is -0.452 e. The van der Waals surface area contributed by atoms with E-state index in [1.165, 1.54) is 12.5 Å². The third-order valence-corrected chi connectivity index (χ3v) is 4.73. The van der Waals surface area contributed by atoms with E-state index < -0.39 is 5.97 Å². The monoisotopic (exact) mass is 365 g/mol. The quantitative estimate of drug-likeness (QED) is 0.628. The number of benzene rings is 2. The summed E-state index contributed by atoms with van der Waals surface area (Å²) in [6.07, 6.45) is 5.36. The second-order valence-electron chi connectivity index (χ2n) is 6.72. The molecule has 3 rings (SSSR count). The van der Waals surface area contributed by atoms with Gasteiger partial charge in [-0.05, 0) is 18.9 Å². The summed E-state index contributed by atoms with van der Waals surface area (Å²) < 4.78 is 5.15. The third kappa shape index (κ3) is 5.03. The van der Waals surface area contributed by atoms with Crippen LogP contribution in [0.25, 0.3) is 0 Å². The molecule has 1 aliphatic carbocycles. The summed E-state index contributed by atoms with van der Waals surface area (Å²) in [5.74, 6) is -1.23. The first-order valence-corrected chi connectivity index (χ1v) is 9.30. The SMILES string of the molecule is O=C(COC(=O)c1ccccc1C(=O)c1ccccc1)NC1CCCCC1. The number of carbonyl (C=O) groups is 3. The molecule has 0 spiro atoms. The van der Waals surface area contributed by atoms with E-state index in [0.717, 1.165) is 25.7 Å². The van der Waals surface area contributed by atoms with Crippen molar-refractivity contribution in [3.63, 3.8) is 0 Å². The zero-order valence-corrected chi connectivity index (χ0v) is 15.1. The Labute approximate surface area is 158 Å². The molecule has 0 aromatic heterocycles. The van der Waals surface area contributed by atoms with E-state index in [4.69, 9.17) is 4.74 Å².